The van der Waals surface area contributed by atoms with Crippen LogP contribution in [0.1, 0.15) is 97.3 Å². The zero-order valence-electron chi connectivity index (χ0n) is 14.3. The molecule has 0 aliphatic heterocycles. The molecule has 0 aliphatic rings. The third-order valence-corrected chi connectivity index (χ3v) is 3.69. The molecule has 0 aromatic carbocycles. The van der Waals surface area contributed by atoms with Gasteiger partial charge >= 0.3 is 6.16 Å². The van der Waals surface area contributed by atoms with E-state index in [1.54, 1.807) is 0 Å². The van der Waals surface area contributed by atoms with Gasteiger partial charge < -0.3 is 9.47 Å². The fraction of sp³-hybridized carbons (Fsp3) is 0.944. The van der Waals surface area contributed by atoms with Crippen LogP contribution in [0.15, 0.2) is 0 Å². The molecule has 0 aromatic rings. The Morgan fingerprint density at radius 1 is 0.571 bits per heavy atom. The van der Waals surface area contributed by atoms with Crippen LogP contribution in [-0.4, -0.2) is 19.4 Å². The molecule has 0 spiro atoms. The quantitative estimate of drug-likeness (QED) is 0.265. The predicted octanol–water partition coefficient (Wildman–Crippen LogP) is 6.25. The average Bonchev–Trinajstić information content (AvgIpc) is 2.49. The number of ether oxygens (including phenoxy) is 2. The van der Waals surface area contributed by atoms with Crippen LogP contribution in [0.25, 0.3) is 0 Å². The molecule has 0 rings (SSSR count). The van der Waals surface area contributed by atoms with Crippen molar-refractivity contribution in [2.24, 2.45) is 0 Å². The van der Waals surface area contributed by atoms with Crippen LogP contribution in [-0.2, 0) is 9.47 Å². The highest BCUT2D eigenvalue weighted by atomic mass is 16.7. The summed E-state index contributed by atoms with van der Waals surface area (Å²) >= 11 is 0. The first kappa shape index (κ1) is 20.3. The highest BCUT2D eigenvalue weighted by Crippen LogP contribution is 2.08. The largest absolute Gasteiger partial charge is 0.508 e. The molecule has 3 nitrogen and oxygen atoms in total. The van der Waals surface area contributed by atoms with Crippen LogP contribution in [0.4, 0.5) is 4.79 Å². The molecule has 0 fully saturated rings. The fourth-order valence-corrected chi connectivity index (χ4v) is 2.29. The lowest BCUT2D eigenvalue weighted by Gasteiger charge is -2.06. The smallest absolute Gasteiger partial charge is 0.434 e. The Bertz CT molecular complexity index is 217. The molecule has 0 radical (unpaired) electrons. The van der Waals surface area contributed by atoms with E-state index in [9.17, 15) is 4.79 Å². The van der Waals surface area contributed by atoms with Crippen LogP contribution in [0.2, 0.25) is 0 Å². The first-order valence-corrected chi connectivity index (χ1v) is 9.10. The van der Waals surface area contributed by atoms with Crippen molar-refractivity contribution in [2.45, 2.75) is 97.3 Å². The van der Waals surface area contributed by atoms with Crippen LogP contribution < -0.4 is 0 Å². The predicted molar refractivity (Wildman–Crippen MR) is 88.7 cm³/mol. The molecule has 21 heavy (non-hydrogen) atoms. The van der Waals surface area contributed by atoms with Gasteiger partial charge in [-0.25, -0.2) is 4.79 Å². The van der Waals surface area contributed by atoms with Gasteiger partial charge in [0.15, 0.2) is 0 Å². The molecule has 126 valence electrons. The summed E-state index contributed by atoms with van der Waals surface area (Å²) in [7, 11) is 0. The second-order valence-corrected chi connectivity index (χ2v) is 5.84. The molecule has 0 atom stereocenters. The molecule has 0 aliphatic carbocycles. The highest BCUT2D eigenvalue weighted by Gasteiger charge is 2.02. The highest BCUT2D eigenvalue weighted by molar-refractivity contribution is 5.59. The molecule has 0 amide bonds. The van der Waals surface area contributed by atoms with Gasteiger partial charge in [-0.2, -0.15) is 0 Å². The summed E-state index contributed by atoms with van der Waals surface area (Å²) in [6, 6.07) is 0. The van der Waals surface area contributed by atoms with Crippen molar-refractivity contribution in [3.8, 4) is 0 Å². The van der Waals surface area contributed by atoms with Crippen molar-refractivity contribution in [3.63, 3.8) is 0 Å². The Kier molecular flexibility index (Phi) is 16.7. The molecular weight excluding hydrogens is 264 g/mol. The summed E-state index contributed by atoms with van der Waals surface area (Å²) in [5, 5.41) is 0. The minimum absolute atomic E-state index is 0.492. The van der Waals surface area contributed by atoms with Crippen molar-refractivity contribution >= 4 is 6.16 Å². The van der Waals surface area contributed by atoms with Crippen molar-refractivity contribution in [1.29, 1.82) is 0 Å². The van der Waals surface area contributed by atoms with Gasteiger partial charge in [0.05, 0.1) is 13.2 Å². The van der Waals surface area contributed by atoms with Crippen LogP contribution in [0.5, 0.6) is 0 Å². The summed E-state index contributed by atoms with van der Waals surface area (Å²) in [4.78, 5) is 11.3. The first-order chi connectivity index (χ1) is 10.3. The van der Waals surface area contributed by atoms with Crippen LogP contribution in [0, 0.1) is 0 Å². The van der Waals surface area contributed by atoms with Gasteiger partial charge in [-0.05, 0) is 12.8 Å². The monoisotopic (exact) mass is 300 g/mol. The summed E-state index contributed by atoms with van der Waals surface area (Å²) in [5.74, 6) is 0. The molecule has 0 N–H and O–H groups in total. The van der Waals surface area contributed by atoms with E-state index in [0.29, 0.717) is 13.2 Å². The zero-order chi connectivity index (χ0) is 15.6. The molecule has 0 unspecified atom stereocenters. The van der Waals surface area contributed by atoms with Gasteiger partial charge in [0, 0.05) is 0 Å². The van der Waals surface area contributed by atoms with Crippen LogP contribution >= 0.6 is 0 Å². The van der Waals surface area contributed by atoms with E-state index < -0.39 is 6.16 Å². The number of hydrogen-bond acceptors (Lipinski definition) is 3. The lowest BCUT2D eigenvalue weighted by atomic mass is 10.1. The molecule has 3 heteroatoms. The van der Waals surface area contributed by atoms with Crippen molar-refractivity contribution in [1.82, 2.24) is 0 Å². The maximum absolute atomic E-state index is 11.3. The number of unbranched alkanes of at least 4 members (excludes halogenated alkanes) is 11. The Hall–Kier alpha value is -0.730. The van der Waals surface area contributed by atoms with Crippen molar-refractivity contribution < 1.29 is 14.3 Å². The zero-order valence-corrected chi connectivity index (χ0v) is 14.3. The van der Waals surface area contributed by atoms with E-state index in [1.807, 2.05) is 0 Å². The Balaban J connectivity index is 3.12. The second-order valence-electron chi connectivity index (χ2n) is 5.84. The molecule has 0 aromatic heterocycles. The number of carbonyl (C=O) groups excluding carboxylic acids is 1. The van der Waals surface area contributed by atoms with Gasteiger partial charge in [-0.15, -0.1) is 0 Å². The van der Waals surface area contributed by atoms with E-state index in [-0.39, 0.29) is 0 Å². The molecule has 0 heterocycles. The van der Waals surface area contributed by atoms with Gasteiger partial charge in [-0.3, -0.25) is 0 Å². The standard InChI is InChI=1S/C18H36O3/c1-3-5-7-9-10-11-13-15-17-21-18(19)20-16-14-12-8-6-4-2/h3-17H2,1-2H3. The molecular formula is C18H36O3. The van der Waals surface area contributed by atoms with Crippen molar-refractivity contribution in [2.75, 3.05) is 13.2 Å². The minimum atomic E-state index is -0.492. The number of rotatable bonds is 15. The Labute approximate surface area is 131 Å². The van der Waals surface area contributed by atoms with E-state index in [0.717, 1.165) is 25.7 Å². The molecule has 0 bridgehead atoms. The SMILES string of the molecule is CCCCCCCCCCOC(=O)OCCCCCCC. The third kappa shape index (κ3) is 17.2. The first-order valence-electron chi connectivity index (χ1n) is 9.10. The van der Waals surface area contributed by atoms with Crippen molar-refractivity contribution in [3.05, 3.63) is 0 Å². The van der Waals surface area contributed by atoms with E-state index in [2.05, 4.69) is 13.8 Å². The lowest BCUT2D eigenvalue weighted by Crippen LogP contribution is -2.09. The minimum Gasteiger partial charge on any atom is -0.434 e. The van der Waals surface area contributed by atoms with Gasteiger partial charge in [0.2, 0.25) is 0 Å². The fourth-order valence-electron chi connectivity index (χ4n) is 2.29. The lowest BCUT2D eigenvalue weighted by molar-refractivity contribution is 0.0529. The number of carbonyl (C=O) groups is 1. The third-order valence-electron chi connectivity index (χ3n) is 3.69. The maximum Gasteiger partial charge on any atom is 0.508 e. The van der Waals surface area contributed by atoms with E-state index in [4.69, 9.17) is 9.47 Å². The van der Waals surface area contributed by atoms with Gasteiger partial charge in [0.1, 0.15) is 0 Å². The van der Waals surface area contributed by atoms with Gasteiger partial charge in [-0.1, -0.05) is 84.5 Å². The summed E-state index contributed by atoms with van der Waals surface area (Å²) in [5.41, 5.74) is 0. The normalized spacial score (nSPS) is 10.6. The van der Waals surface area contributed by atoms with Crippen LogP contribution in [0.3, 0.4) is 0 Å². The second kappa shape index (κ2) is 17.3. The molecule has 0 saturated carbocycles. The summed E-state index contributed by atoms with van der Waals surface area (Å²) in [6.07, 6.45) is 15.4. The Morgan fingerprint density at radius 2 is 0.905 bits per heavy atom. The number of hydrogen-bond donors (Lipinski definition) is 0. The average molecular weight is 300 g/mol. The molecule has 0 saturated heterocycles. The summed E-state index contributed by atoms with van der Waals surface area (Å²) in [6.45, 7) is 5.43. The summed E-state index contributed by atoms with van der Waals surface area (Å²) < 4.78 is 10.1. The van der Waals surface area contributed by atoms with Gasteiger partial charge in [0.25, 0.3) is 0 Å². The van der Waals surface area contributed by atoms with E-state index >= 15 is 0 Å². The topological polar surface area (TPSA) is 35.5 Å². The Morgan fingerprint density at radius 3 is 1.29 bits per heavy atom. The van der Waals surface area contributed by atoms with E-state index in [1.165, 1.54) is 57.8 Å². The maximum atomic E-state index is 11.3.